The molecule has 0 radical (unpaired) electrons. The van der Waals surface area contributed by atoms with Gasteiger partial charge in [-0.2, -0.15) is 5.26 Å². The van der Waals surface area contributed by atoms with Gasteiger partial charge < -0.3 is 10.2 Å². The first-order chi connectivity index (χ1) is 19.8. The van der Waals surface area contributed by atoms with E-state index in [0.29, 0.717) is 44.8 Å². The molecule has 1 N–H and O–H groups in total. The molecular formula is C31H33Cl3N6O. The Morgan fingerprint density at radius 1 is 0.976 bits per heavy atom. The van der Waals surface area contributed by atoms with Crippen LogP contribution in [-0.4, -0.2) is 65.5 Å². The van der Waals surface area contributed by atoms with E-state index in [1.807, 2.05) is 18.2 Å². The second kappa shape index (κ2) is 13.4. The summed E-state index contributed by atoms with van der Waals surface area (Å²) < 4.78 is 0. The Labute approximate surface area is 256 Å². The lowest BCUT2D eigenvalue weighted by Crippen LogP contribution is -2.57. The maximum atomic E-state index is 12.7. The second-order valence-corrected chi connectivity index (χ2v) is 12.0. The molecule has 1 atom stereocenters. The number of nitriles is 1. The van der Waals surface area contributed by atoms with Gasteiger partial charge in [-0.3, -0.25) is 14.6 Å². The van der Waals surface area contributed by atoms with Crippen LogP contribution < -0.4 is 10.2 Å². The van der Waals surface area contributed by atoms with Gasteiger partial charge in [0.25, 0.3) is 5.91 Å². The molecule has 41 heavy (non-hydrogen) atoms. The first kappa shape index (κ1) is 29.6. The number of anilines is 1. The van der Waals surface area contributed by atoms with Crippen LogP contribution in [0.4, 0.5) is 5.82 Å². The number of rotatable bonds is 7. The zero-order valence-corrected chi connectivity index (χ0v) is 25.3. The van der Waals surface area contributed by atoms with Crippen LogP contribution in [0.15, 0.2) is 54.7 Å². The lowest BCUT2D eigenvalue weighted by atomic mass is 9.99. The number of piperazine rings is 1. The summed E-state index contributed by atoms with van der Waals surface area (Å²) >= 11 is 18.7. The number of pyridine rings is 1. The van der Waals surface area contributed by atoms with Gasteiger partial charge in [-0.1, -0.05) is 53.0 Å². The average molecular weight is 612 g/mol. The molecular weight excluding hydrogens is 579 g/mol. The first-order valence-electron chi connectivity index (χ1n) is 13.9. The van der Waals surface area contributed by atoms with Crippen molar-refractivity contribution in [1.29, 1.82) is 5.26 Å². The molecule has 214 valence electrons. The quantitative estimate of drug-likeness (QED) is 0.352. The summed E-state index contributed by atoms with van der Waals surface area (Å²) in [4.78, 5) is 24.7. The van der Waals surface area contributed by atoms with E-state index in [1.54, 1.807) is 24.4 Å². The Balaban J connectivity index is 1.11. The van der Waals surface area contributed by atoms with Crippen molar-refractivity contribution in [1.82, 2.24) is 20.1 Å². The van der Waals surface area contributed by atoms with Crippen molar-refractivity contribution in [2.24, 2.45) is 0 Å². The topological polar surface area (TPSA) is 75.5 Å². The predicted octanol–water partition coefficient (Wildman–Crippen LogP) is 6.02. The lowest BCUT2D eigenvalue weighted by molar-refractivity contribution is 0.0690. The Morgan fingerprint density at radius 3 is 2.37 bits per heavy atom. The van der Waals surface area contributed by atoms with E-state index in [9.17, 15) is 4.79 Å². The van der Waals surface area contributed by atoms with Gasteiger partial charge >= 0.3 is 0 Å². The Morgan fingerprint density at radius 2 is 1.71 bits per heavy atom. The molecule has 0 unspecified atom stereocenters. The number of carbonyl (C=O) groups excluding carboxylic acids is 1. The number of carbonyl (C=O) groups is 1. The monoisotopic (exact) mass is 610 g/mol. The molecule has 2 saturated heterocycles. The predicted molar refractivity (Wildman–Crippen MR) is 165 cm³/mol. The van der Waals surface area contributed by atoms with Gasteiger partial charge in [-0.15, -0.1) is 0 Å². The molecule has 0 bridgehead atoms. The first-order valence-corrected chi connectivity index (χ1v) is 15.0. The maximum Gasteiger partial charge on any atom is 0.253 e. The number of hydrogen-bond acceptors (Lipinski definition) is 6. The standard InChI is InChI=1S/C31H33Cl3N6O/c1-21-19-39(12-13-40(21)26-8-10-38(11-9-26)20-23-4-2-22(16-35)3-5-23)30-29(34)15-25(18-36-30)31(41)37-17-24-6-7-27(32)28(33)14-24/h2-7,14-15,18,21,26H,8-13,17,19-20H2,1H3,(H,37,41)/t21-/m0/s1. The van der Waals surface area contributed by atoms with Crippen LogP contribution in [0.5, 0.6) is 0 Å². The fraction of sp³-hybridized carbons (Fsp3) is 0.387. The number of nitrogens with zero attached hydrogens (tertiary/aromatic N) is 5. The number of amides is 1. The molecule has 3 aromatic rings. The minimum atomic E-state index is -0.249. The zero-order valence-electron chi connectivity index (χ0n) is 23.0. The minimum Gasteiger partial charge on any atom is -0.353 e. The Kier molecular flexibility index (Phi) is 9.69. The summed E-state index contributed by atoms with van der Waals surface area (Å²) in [5.41, 5.74) is 3.23. The van der Waals surface area contributed by atoms with Crippen molar-refractivity contribution in [3.8, 4) is 6.07 Å². The van der Waals surface area contributed by atoms with Crippen LogP contribution in [0.25, 0.3) is 0 Å². The number of benzene rings is 2. The largest absolute Gasteiger partial charge is 0.353 e. The van der Waals surface area contributed by atoms with Crippen molar-refractivity contribution in [2.75, 3.05) is 37.6 Å². The van der Waals surface area contributed by atoms with E-state index in [-0.39, 0.29) is 5.91 Å². The molecule has 10 heteroatoms. The smallest absolute Gasteiger partial charge is 0.253 e. The third-order valence-electron chi connectivity index (χ3n) is 8.01. The van der Waals surface area contributed by atoms with E-state index in [4.69, 9.17) is 40.1 Å². The summed E-state index contributed by atoms with van der Waals surface area (Å²) in [7, 11) is 0. The molecule has 0 aliphatic carbocycles. The molecule has 7 nitrogen and oxygen atoms in total. The molecule has 2 aromatic carbocycles. The van der Waals surface area contributed by atoms with Crippen LogP contribution in [0.3, 0.4) is 0 Å². The fourth-order valence-electron chi connectivity index (χ4n) is 5.78. The normalized spacial score (nSPS) is 18.7. The van der Waals surface area contributed by atoms with Gasteiger partial charge in [0, 0.05) is 51.0 Å². The van der Waals surface area contributed by atoms with Crippen molar-refractivity contribution >= 4 is 46.5 Å². The van der Waals surface area contributed by atoms with Crippen LogP contribution >= 0.6 is 34.8 Å². The van der Waals surface area contributed by atoms with Crippen molar-refractivity contribution < 1.29 is 4.79 Å². The minimum absolute atomic E-state index is 0.249. The molecule has 2 fully saturated rings. The van der Waals surface area contributed by atoms with Gasteiger partial charge in [-0.05, 0) is 74.3 Å². The summed E-state index contributed by atoms with van der Waals surface area (Å²) in [5, 5.41) is 13.3. The number of likely N-dealkylation sites (tertiary alicyclic amines) is 1. The Hall–Kier alpha value is -2.86. The van der Waals surface area contributed by atoms with E-state index < -0.39 is 0 Å². The van der Waals surface area contributed by atoms with E-state index in [1.165, 1.54) is 5.56 Å². The highest BCUT2D eigenvalue weighted by Gasteiger charge is 2.32. The van der Waals surface area contributed by atoms with Crippen LogP contribution in [0, 0.1) is 11.3 Å². The third kappa shape index (κ3) is 7.32. The molecule has 3 heterocycles. The van der Waals surface area contributed by atoms with Gasteiger partial charge in [0.15, 0.2) is 0 Å². The summed E-state index contributed by atoms with van der Waals surface area (Å²) in [5.74, 6) is 0.470. The third-order valence-corrected chi connectivity index (χ3v) is 9.03. The highest BCUT2D eigenvalue weighted by molar-refractivity contribution is 6.42. The summed E-state index contributed by atoms with van der Waals surface area (Å²) in [6, 6.07) is 18.0. The zero-order chi connectivity index (χ0) is 28.9. The Bertz CT molecular complexity index is 1420. The number of halogens is 3. The second-order valence-electron chi connectivity index (χ2n) is 10.8. The van der Waals surface area contributed by atoms with Crippen molar-refractivity contribution in [3.63, 3.8) is 0 Å². The maximum absolute atomic E-state index is 12.7. The van der Waals surface area contributed by atoms with Gasteiger partial charge in [0.05, 0.1) is 32.3 Å². The number of nitrogens with one attached hydrogen (secondary N) is 1. The molecule has 1 amide bonds. The highest BCUT2D eigenvalue weighted by atomic mass is 35.5. The van der Waals surface area contributed by atoms with E-state index >= 15 is 0 Å². The molecule has 2 aliphatic heterocycles. The molecule has 0 saturated carbocycles. The van der Waals surface area contributed by atoms with Crippen molar-refractivity contribution in [2.45, 2.75) is 44.9 Å². The van der Waals surface area contributed by atoms with Gasteiger partial charge in [0.2, 0.25) is 0 Å². The number of piperidine rings is 1. The van der Waals surface area contributed by atoms with Crippen LogP contribution in [-0.2, 0) is 13.1 Å². The summed E-state index contributed by atoms with van der Waals surface area (Å²) in [6.07, 6.45) is 3.88. The molecule has 2 aliphatic rings. The molecule has 0 spiro atoms. The van der Waals surface area contributed by atoms with Gasteiger partial charge in [0.1, 0.15) is 5.82 Å². The van der Waals surface area contributed by atoms with E-state index in [2.05, 4.69) is 50.1 Å². The SMILES string of the molecule is C[C@H]1CN(c2ncc(C(=O)NCc3ccc(Cl)c(Cl)c3)cc2Cl)CCN1C1CCN(Cc2ccc(C#N)cc2)CC1. The van der Waals surface area contributed by atoms with Gasteiger partial charge in [-0.25, -0.2) is 4.98 Å². The van der Waals surface area contributed by atoms with Crippen molar-refractivity contribution in [3.05, 3.63) is 92.0 Å². The lowest BCUT2D eigenvalue weighted by Gasteiger charge is -2.47. The number of hydrogen-bond donors (Lipinski definition) is 1. The highest BCUT2D eigenvalue weighted by Crippen LogP contribution is 2.29. The summed E-state index contributed by atoms with van der Waals surface area (Å²) in [6.45, 7) is 8.28. The molecule has 1 aromatic heterocycles. The molecule has 5 rings (SSSR count). The fourth-order valence-corrected chi connectivity index (χ4v) is 6.39. The van der Waals surface area contributed by atoms with Crippen LogP contribution in [0.2, 0.25) is 15.1 Å². The van der Waals surface area contributed by atoms with Crippen LogP contribution in [0.1, 0.15) is 46.8 Å². The average Bonchev–Trinajstić information content (AvgIpc) is 2.98. The number of aromatic nitrogens is 1. The van der Waals surface area contributed by atoms with E-state index in [0.717, 1.165) is 63.5 Å².